The Labute approximate surface area is 142 Å². The molecule has 0 saturated heterocycles. The Hall–Kier alpha value is -2.42. The summed E-state index contributed by atoms with van der Waals surface area (Å²) in [6.07, 6.45) is 7.19. The first-order valence-electron chi connectivity index (χ1n) is 8.76. The van der Waals surface area contributed by atoms with Gasteiger partial charge in [-0.15, -0.1) is 0 Å². The summed E-state index contributed by atoms with van der Waals surface area (Å²) in [7, 11) is 0. The number of anilines is 1. The Morgan fingerprint density at radius 1 is 1.08 bits per heavy atom. The molecule has 4 N–H and O–H groups in total. The minimum absolute atomic E-state index is 0.311. The van der Waals surface area contributed by atoms with E-state index in [2.05, 4.69) is 30.1 Å². The molecular weight excluding hydrogens is 296 g/mol. The Balaban J connectivity index is 1.85. The number of aryl methyl sites for hydroxylation is 1. The van der Waals surface area contributed by atoms with Gasteiger partial charge in [-0.1, -0.05) is 30.7 Å². The predicted octanol–water partition coefficient (Wildman–Crippen LogP) is 5.51. The molecule has 3 nitrogen and oxygen atoms in total. The van der Waals surface area contributed by atoms with Crippen LogP contribution in [0.1, 0.15) is 43.7 Å². The minimum Gasteiger partial charge on any atom is -0.508 e. The van der Waals surface area contributed by atoms with Gasteiger partial charge in [0.2, 0.25) is 0 Å². The van der Waals surface area contributed by atoms with E-state index in [9.17, 15) is 5.11 Å². The largest absolute Gasteiger partial charge is 0.508 e. The summed E-state index contributed by atoms with van der Waals surface area (Å²) in [5, 5.41) is 12.2. The lowest BCUT2D eigenvalue weighted by molar-refractivity contribution is 0.446. The number of phenols is 1. The third kappa shape index (κ3) is 2.35. The molecule has 3 heteroatoms. The normalized spacial score (nSPS) is 18.4. The number of aromatic hydroxyl groups is 1. The van der Waals surface area contributed by atoms with Crippen LogP contribution < -0.4 is 5.73 Å². The number of rotatable bonds is 1. The van der Waals surface area contributed by atoms with Crippen molar-refractivity contribution in [1.29, 1.82) is 0 Å². The summed E-state index contributed by atoms with van der Waals surface area (Å²) in [6.45, 7) is 4.26. The number of nitrogen functional groups attached to an aromatic ring is 1. The first-order valence-corrected chi connectivity index (χ1v) is 8.76. The van der Waals surface area contributed by atoms with E-state index >= 15 is 0 Å². The van der Waals surface area contributed by atoms with Gasteiger partial charge in [0.1, 0.15) is 5.75 Å². The summed E-state index contributed by atoms with van der Waals surface area (Å²) in [5.41, 5.74) is 12.7. The number of nitrogens with two attached hydrogens (primary N) is 1. The van der Waals surface area contributed by atoms with Crippen molar-refractivity contribution in [3.63, 3.8) is 0 Å². The van der Waals surface area contributed by atoms with Gasteiger partial charge in [0, 0.05) is 16.3 Å². The maximum Gasteiger partial charge on any atom is 0.120 e. The number of phenolic OH excluding ortho intramolecular Hbond substituents is 1. The zero-order chi connectivity index (χ0) is 16.8. The van der Waals surface area contributed by atoms with Gasteiger partial charge in [-0.05, 0) is 56.2 Å². The lowest BCUT2D eigenvalue weighted by Gasteiger charge is -2.20. The van der Waals surface area contributed by atoms with Crippen LogP contribution in [0.2, 0.25) is 0 Å². The lowest BCUT2D eigenvalue weighted by atomic mass is 9.86. The van der Waals surface area contributed by atoms with Crippen molar-refractivity contribution in [2.75, 3.05) is 5.73 Å². The van der Waals surface area contributed by atoms with Crippen LogP contribution in [-0.2, 0) is 0 Å². The average Bonchev–Trinajstić information content (AvgIpc) is 2.96. The Kier molecular flexibility index (Phi) is 3.52. The molecule has 1 saturated carbocycles. The SMILES string of the molecule is Cc1c(O)ccc2c1[nH]c1c(N)c(C=C3CCC(C)CC3)ccc12. The molecule has 1 aliphatic rings. The van der Waals surface area contributed by atoms with E-state index in [0.29, 0.717) is 5.75 Å². The minimum atomic E-state index is 0.311. The molecule has 0 aliphatic heterocycles. The molecule has 124 valence electrons. The molecule has 4 rings (SSSR count). The second-order valence-corrected chi connectivity index (χ2v) is 7.23. The topological polar surface area (TPSA) is 62.0 Å². The number of hydrogen-bond donors (Lipinski definition) is 3. The van der Waals surface area contributed by atoms with Gasteiger partial charge in [-0.2, -0.15) is 0 Å². The van der Waals surface area contributed by atoms with Gasteiger partial charge >= 0.3 is 0 Å². The first kappa shape index (κ1) is 15.1. The maximum atomic E-state index is 9.94. The molecule has 0 radical (unpaired) electrons. The quantitative estimate of drug-likeness (QED) is 0.518. The fourth-order valence-corrected chi connectivity index (χ4v) is 3.83. The average molecular weight is 320 g/mol. The molecule has 0 atom stereocenters. The Morgan fingerprint density at radius 2 is 1.75 bits per heavy atom. The second kappa shape index (κ2) is 5.59. The van der Waals surface area contributed by atoms with E-state index in [0.717, 1.165) is 44.5 Å². The number of H-pyrrole nitrogens is 1. The highest BCUT2D eigenvalue weighted by Gasteiger charge is 2.15. The number of hydrogen-bond acceptors (Lipinski definition) is 2. The molecule has 1 heterocycles. The highest BCUT2D eigenvalue weighted by molar-refractivity contribution is 6.13. The highest BCUT2D eigenvalue weighted by atomic mass is 16.3. The molecule has 0 spiro atoms. The van der Waals surface area contributed by atoms with Gasteiger partial charge in [-0.3, -0.25) is 0 Å². The fourth-order valence-electron chi connectivity index (χ4n) is 3.83. The zero-order valence-electron chi connectivity index (χ0n) is 14.3. The molecular formula is C21H24N2O. The lowest BCUT2D eigenvalue weighted by Crippen LogP contribution is -2.04. The van der Waals surface area contributed by atoms with Crippen LogP contribution in [0.15, 0.2) is 29.8 Å². The van der Waals surface area contributed by atoms with Crippen molar-refractivity contribution in [2.24, 2.45) is 5.92 Å². The Bertz CT molecular complexity index is 955. The molecule has 0 amide bonds. The van der Waals surface area contributed by atoms with Crippen LogP contribution in [-0.4, -0.2) is 10.1 Å². The van der Waals surface area contributed by atoms with E-state index in [-0.39, 0.29) is 0 Å². The summed E-state index contributed by atoms with van der Waals surface area (Å²) < 4.78 is 0. The van der Waals surface area contributed by atoms with Gasteiger partial charge in [0.05, 0.1) is 16.7 Å². The van der Waals surface area contributed by atoms with Crippen LogP contribution in [0.4, 0.5) is 5.69 Å². The van der Waals surface area contributed by atoms with Gasteiger partial charge in [0.15, 0.2) is 0 Å². The predicted molar refractivity (Wildman–Crippen MR) is 102 cm³/mol. The van der Waals surface area contributed by atoms with E-state index in [1.54, 1.807) is 6.07 Å². The number of nitrogens with one attached hydrogen (secondary N) is 1. The van der Waals surface area contributed by atoms with Gasteiger partial charge in [-0.25, -0.2) is 0 Å². The van der Waals surface area contributed by atoms with E-state index in [1.807, 2.05) is 13.0 Å². The van der Waals surface area contributed by atoms with E-state index < -0.39 is 0 Å². The second-order valence-electron chi connectivity index (χ2n) is 7.23. The van der Waals surface area contributed by atoms with Crippen LogP contribution >= 0.6 is 0 Å². The number of aromatic amines is 1. The van der Waals surface area contributed by atoms with Gasteiger partial charge in [0.25, 0.3) is 0 Å². The van der Waals surface area contributed by atoms with Crippen molar-refractivity contribution in [3.8, 4) is 5.75 Å². The molecule has 0 unspecified atom stereocenters. The highest BCUT2D eigenvalue weighted by Crippen LogP contribution is 2.37. The van der Waals surface area contributed by atoms with E-state index in [1.165, 1.54) is 31.3 Å². The smallest absolute Gasteiger partial charge is 0.120 e. The third-order valence-electron chi connectivity index (χ3n) is 5.53. The zero-order valence-corrected chi connectivity index (χ0v) is 14.3. The molecule has 3 aromatic rings. The molecule has 1 aliphatic carbocycles. The van der Waals surface area contributed by atoms with Crippen LogP contribution in [0.5, 0.6) is 5.75 Å². The summed E-state index contributed by atoms with van der Waals surface area (Å²) in [6, 6.07) is 7.97. The summed E-state index contributed by atoms with van der Waals surface area (Å²) in [5.74, 6) is 1.15. The molecule has 1 aromatic heterocycles. The standard InChI is InChI=1S/C21H24N2O/c1-12-3-5-14(6-4-12)11-15-7-8-17-16-9-10-18(24)13(2)20(16)23-21(17)19(15)22/h7-12,23-24H,3-6,22H2,1-2H3. The summed E-state index contributed by atoms with van der Waals surface area (Å²) in [4.78, 5) is 3.43. The first-order chi connectivity index (χ1) is 11.5. The molecule has 1 fully saturated rings. The summed E-state index contributed by atoms with van der Waals surface area (Å²) >= 11 is 0. The van der Waals surface area contributed by atoms with E-state index in [4.69, 9.17) is 5.73 Å². The molecule has 0 bridgehead atoms. The number of fused-ring (bicyclic) bond motifs is 3. The van der Waals surface area contributed by atoms with Crippen LogP contribution in [0.3, 0.4) is 0 Å². The van der Waals surface area contributed by atoms with Crippen molar-refractivity contribution in [1.82, 2.24) is 4.98 Å². The number of allylic oxidation sites excluding steroid dienone is 1. The van der Waals surface area contributed by atoms with Gasteiger partial charge < -0.3 is 15.8 Å². The van der Waals surface area contributed by atoms with Crippen molar-refractivity contribution in [3.05, 3.63) is 41.0 Å². The number of benzene rings is 2. The third-order valence-corrected chi connectivity index (χ3v) is 5.53. The van der Waals surface area contributed by atoms with Crippen molar-refractivity contribution < 1.29 is 5.11 Å². The Morgan fingerprint density at radius 3 is 2.50 bits per heavy atom. The monoisotopic (exact) mass is 320 g/mol. The maximum absolute atomic E-state index is 9.94. The van der Waals surface area contributed by atoms with Crippen molar-refractivity contribution in [2.45, 2.75) is 39.5 Å². The fraction of sp³-hybridized carbons (Fsp3) is 0.333. The van der Waals surface area contributed by atoms with Crippen LogP contribution in [0.25, 0.3) is 27.9 Å². The van der Waals surface area contributed by atoms with Crippen molar-refractivity contribution >= 4 is 33.6 Å². The molecule has 2 aromatic carbocycles. The number of aromatic nitrogens is 1. The molecule has 24 heavy (non-hydrogen) atoms. The van der Waals surface area contributed by atoms with Crippen LogP contribution in [0, 0.1) is 12.8 Å².